The molecule has 0 aliphatic carbocycles. The molecule has 0 amide bonds. The molecule has 2 rings (SSSR count). The van der Waals surface area contributed by atoms with E-state index in [1.165, 1.54) is 0 Å². The van der Waals surface area contributed by atoms with Crippen LogP contribution >= 0.6 is 11.8 Å². The van der Waals surface area contributed by atoms with Crippen LogP contribution in [0.2, 0.25) is 0 Å². The number of carboxylic acid groups (broad SMARTS) is 1. The number of nitrogens with zero attached hydrogens (tertiary/aromatic N) is 4. The van der Waals surface area contributed by atoms with Crippen molar-refractivity contribution in [2.45, 2.75) is 25.5 Å². The molecule has 100 valence electrons. The quantitative estimate of drug-likeness (QED) is 0.585. The van der Waals surface area contributed by atoms with Crippen LogP contribution in [0.5, 0.6) is 0 Å². The highest BCUT2D eigenvalue weighted by atomic mass is 32.2. The van der Waals surface area contributed by atoms with E-state index in [0.717, 1.165) is 35.3 Å². The Hall–Kier alpha value is -1.89. The van der Waals surface area contributed by atoms with Gasteiger partial charge in [-0.2, -0.15) is 5.10 Å². The van der Waals surface area contributed by atoms with Crippen molar-refractivity contribution in [3.8, 4) is 11.3 Å². The first-order valence-electron chi connectivity index (χ1n) is 5.80. The molecule has 0 radical (unpaired) electrons. The van der Waals surface area contributed by atoms with E-state index < -0.39 is 5.97 Å². The minimum Gasteiger partial charge on any atom is -0.549 e. The SMILES string of the molecule is CCn1cc(-c2ccnc(SCC(=O)[O-])n2)c(C)n1. The Bertz CT molecular complexity index is 597. The molecule has 0 N–H and O–H groups in total. The third-order valence-corrected chi connectivity index (χ3v) is 3.33. The maximum absolute atomic E-state index is 10.4. The largest absolute Gasteiger partial charge is 0.549 e. The molecule has 0 aromatic carbocycles. The van der Waals surface area contributed by atoms with E-state index >= 15 is 0 Å². The highest BCUT2D eigenvalue weighted by Crippen LogP contribution is 2.22. The first kappa shape index (κ1) is 13.5. The van der Waals surface area contributed by atoms with Crippen LogP contribution in [0, 0.1) is 6.92 Å². The van der Waals surface area contributed by atoms with Gasteiger partial charge in [-0.3, -0.25) is 4.68 Å². The zero-order valence-corrected chi connectivity index (χ0v) is 11.5. The Morgan fingerprint density at radius 1 is 1.53 bits per heavy atom. The summed E-state index contributed by atoms with van der Waals surface area (Å²) < 4.78 is 1.83. The predicted octanol–water partition coefficient (Wildman–Crippen LogP) is 0.510. The van der Waals surface area contributed by atoms with Gasteiger partial charge >= 0.3 is 0 Å². The number of carboxylic acids is 1. The van der Waals surface area contributed by atoms with Crippen molar-refractivity contribution in [2.24, 2.45) is 0 Å². The number of aliphatic carboxylic acids is 1. The number of thioether (sulfide) groups is 1. The lowest BCUT2D eigenvalue weighted by Crippen LogP contribution is -2.24. The van der Waals surface area contributed by atoms with E-state index in [4.69, 9.17) is 0 Å². The Morgan fingerprint density at radius 3 is 2.95 bits per heavy atom. The minimum atomic E-state index is -1.13. The lowest BCUT2D eigenvalue weighted by Gasteiger charge is -2.03. The molecule has 0 saturated heterocycles. The first-order chi connectivity index (χ1) is 9.10. The van der Waals surface area contributed by atoms with E-state index in [2.05, 4.69) is 15.1 Å². The first-order valence-corrected chi connectivity index (χ1v) is 6.79. The smallest absolute Gasteiger partial charge is 0.188 e. The molecule has 7 heteroatoms. The van der Waals surface area contributed by atoms with Crippen molar-refractivity contribution in [2.75, 3.05) is 5.75 Å². The molecule has 2 heterocycles. The van der Waals surface area contributed by atoms with Gasteiger partial charge in [-0.1, -0.05) is 11.8 Å². The average molecular weight is 277 g/mol. The molecule has 0 unspecified atom stereocenters. The van der Waals surface area contributed by atoms with Crippen LogP contribution in [0.4, 0.5) is 0 Å². The van der Waals surface area contributed by atoms with Crippen molar-refractivity contribution >= 4 is 17.7 Å². The standard InChI is InChI=1S/C12H14N4O2S/c1-3-16-6-9(8(2)15-16)10-4-5-13-12(14-10)19-7-11(17)18/h4-6H,3,7H2,1-2H3,(H,17,18)/p-1. The number of carbonyl (C=O) groups is 1. The summed E-state index contributed by atoms with van der Waals surface area (Å²) in [5, 5.41) is 15.2. The van der Waals surface area contributed by atoms with E-state index in [-0.39, 0.29) is 5.75 Å². The molecule has 19 heavy (non-hydrogen) atoms. The molecule has 2 aromatic heterocycles. The summed E-state index contributed by atoms with van der Waals surface area (Å²) >= 11 is 1.04. The molecule has 6 nitrogen and oxygen atoms in total. The van der Waals surface area contributed by atoms with Gasteiger partial charge in [0.1, 0.15) is 0 Å². The molecular formula is C12H13N4O2S-. The lowest BCUT2D eigenvalue weighted by atomic mass is 10.2. The lowest BCUT2D eigenvalue weighted by molar-refractivity contribution is -0.301. The average Bonchev–Trinajstić information content (AvgIpc) is 2.78. The molecule has 2 aromatic rings. The van der Waals surface area contributed by atoms with Crippen LogP contribution in [0.3, 0.4) is 0 Å². The van der Waals surface area contributed by atoms with E-state index in [0.29, 0.717) is 5.16 Å². The van der Waals surface area contributed by atoms with Gasteiger partial charge < -0.3 is 9.90 Å². The molecule has 0 bridgehead atoms. The summed E-state index contributed by atoms with van der Waals surface area (Å²) in [4.78, 5) is 18.8. The molecule has 0 fully saturated rings. The fourth-order valence-corrected chi connectivity index (χ4v) is 2.16. The van der Waals surface area contributed by atoms with Gasteiger partial charge in [-0.05, 0) is 19.9 Å². The molecule has 0 aliphatic rings. The monoisotopic (exact) mass is 277 g/mol. The number of aromatic nitrogens is 4. The van der Waals surface area contributed by atoms with Gasteiger partial charge in [0.25, 0.3) is 0 Å². The summed E-state index contributed by atoms with van der Waals surface area (Å²) in [5.74, 6) is -1.29. The molecule has 0 spiro atoms. The fraction of sp³-hybridized carbons (Fsp3) is 0.333. The second-order valence-corrected chi connectivity index (χ2v) is 4.81. The van der Waals surface area contributed by atoms with Crippen molar-refractivity contribution in [1.82, 2.24) is 19.7 Å². The van der Waals surface area contributed by atoms with Crippen molar-refractivity contribution in [3.63, 3.8) is 0 Å². The van der Waals surface area contributed by atoms with Crippen LogP contribution in [0.1, 0.15) is 12.6 Å². The van der Waals surface area contributed by atoms with Crippen LogP contribution in [-0.4, -0.2) is 31.5 Å². The molecule has 0 atom stereocenters. The number of rotatable bonds is 5. The highest BCUT2D eigenvalue weighted by molar-refractivity contribution is 7.99. The number of hydrogen-bond donors (Lipinski definition) is 0. The zero-order valence-electron chi connectivity index (χ0n) is 10.7. The van der Waals surface area contributed by atoms with E-state index in [1.54, 1.807) is 12.3 Å². The molecule has 0 saturated carbocycles. The van der Waals surface area contributed by atoms with Gasteiger partial charge in [0.2, 0.25) is 0 Å². The van der Waals surface area contributed by atoms with Crippen molar-refractivity contribution < 1.29 is 9.90 Å². The van der Waals surface area contributed by atoms with Crippen molar-refractivity contribution in [1.29, 1.82) is 0 Å². The summed E-state index contributed by atoms with van der Waals surface area (Å²) in [7, 11) is 0. The van der Waals surface area contributed by atoms with Crippen LogP contribution < -0.4 is 5.11 Å². The van der Waals surface area contributed by atoms with Gasteiger partial charge in [0.05, 0.1) is 17.4 Å². The van der Waals surface area contributed by atoms with E-state index in [1.807, 2.05) is 24.7 Å². The Kier molecular flexibility index (Phi) is 4.16. The van der Waals surface area contributed by atoms with Crippen LogP contribution in [-0.2, 0) is 11.3 Å². The highest BCUT2D eigenvalue weighted by Gasteiger charge is 2.09. The number of aryl methyl sites for hydroxylation is 2. The second kappa shape index (κ2) is 5.83. The topological polar surface area (TPSA) is 83.7 Å². The normalized spacial score (nSPS) is 10.6. The van der Waals surface area contributed by atoms with Gasteiger partial charge in [0, 0.05) is 30.3 Å². The summed E-state index contributed by atoms with van der Waals surface area (Å²) in [5.41, 5.74) is 2.56. The maximum atomic E-state index is 10.4. The summed E-state index contributed by atoms with van der Waals surface area (Å²) in [6, 6.07) is 1.78. The Morgan fingerprint density at radius 2 is 2.32 bits per heavy atom. The van der Waals surface area contributed by atoms with Crippen LogP contribution in [0.25, 0.3) is 11.3 Å². The fourth-order valence-electron chi connectivity index (χ4n) is 1.62. The molecular weight excluding hydrogens is 264 g/mol. The van der Waals surface area contributed by atoms with Crippen LogP contribution in [0.15, 0.2) is 23.6 Å². The minimum absolute atomic E-state index is 0.156. The van der Waals surface area contributed by atoms with Gasteiger partial charge in [-0.25, -0.2) is 9.97 Å². The third-order valence-electron chi connectivity index (χ3n) is 2.50. The maximum Gasteiger partial charge on any atom is 0.188 e. The zero-order chi connectivity index (χ0) is 13.8. The number of carbonyl (C=O) groups excluding carboxylic acids is 1. The molecule has 0 aliphatic heterocycles. The van der Waals surface area contributed by atoms with Gasteiger partial charge in [0.15, 0.2) is 5.16 Å². The Labute approximate surface area is 114 Å². The summed E-state index contributed by atoms with van der Waals surface area (Å²) in [6.07, 6.45) is 3.54. The predicted molar refractivity (Wildman–Crippen MR) is 69.4 cm³/mol. The van der Waals surface area contributed by atoms with E-state index in [9.17, 15) is 9.90 Å². The summed E-state index contributed by atoms with van der Waals surface area (Å²) in [6.45, 7) is 4.72. The van der Waals surface area contributed by atoms with Gasteiger partial charge in [-0.15, -0.1) is 0 Å². The number of hydrogen-bond acceptors (Lipinski definition) is 6. The second-order valence-electron chi connectivity index (χ2n) is 3.87. The van der Waals surface area contributed by atoms with Crippen molar-refractivity contribution in [3.05, 3.63) is 24.2 Å². The Balaban J connectivity index is 2.26. The third kappa shape index (κ3) is 3.31.